The first kappa shape index (κ1) is 19.4. The van der Waals surface area contributed by atoms with E-state index in [0.717, 1.165) is 16.5 Å². The zero-order valence-corrected chi connectivity index (χ0v) is 16.9. The van der Waals surface area contributed by atoms with Crippen LogP contribution in [0, 0.1) is 6.92 Å². The highest BCUT2D eigenvalue weighted by atomic mass is 32.2. The number of carbonyl (C=O) groups excluding carboxylic acids is 1. The Balaban J connectivity index is 1.46. The van der Waals surface area contributed by atoms with Gasteiger partial charge in [0, 0.05) is 5.75 Å². The predicted molar refractivity (Wildman–Crippen MR) is 111 cm³/mol. The molecule has 0 fully saturated rings. The lowest BCUT2D eigenvalue weighted by atomic mass is 10.1. The normalized spacial score (nSPS) is 10.6. The zero-order valence-electron chi connectivity index (χ0n) is 15.3. The molecule has 140 valence electrons. The third-order valence-electron chi connectivity index (χ3n) is 3.97. The average molecular weight is 400 g/mol. The molecule has 0 aliphatic rings. The third-order valence-corrected chi connectivity index (χ3v) is 5.99. The summed E-state index contributed by atoms with van der Waals surface area (Å²) in [5, 5.41) is 11.4. The number of thioether (sulfide) groups is 1. The Morgan fingerprint density at radius 3 is 2.67 bits per heavy atom. The number of rotatable bonds is 8. The largest absolute Gasteiger partial charge is 0.484 e. The monoisotopic (exact) mass is 399 g/mol. The molecular formula is C20H21N3O2S2. The minimum Gasteiger partial charge on any atom is -0.484 e. The fourth-order valence-corrected chi connectivity index (χ4v) is 4.20. The van der Waals surface area contributed by atoms with E-state index in [1.807, 2.05) is 36.4 Å². The van der Waals surface area contributed by atoms with Crippen molar-refractivity contribution in [3.63, 3.8) is 0 Å². The molecule has 3 rings (SSSR count). The molecule has 3 aromatic rings. The summed E-state index contributed by atoms with van der Waals surface area (Å²) >= 11 is 2.98. The number of nitrogens with zero attached hydrogens (tertiary/aromatic N) is 2. The van der Waals surface area contributed by atoms with Gasteiger partial charge in [-0.15, -0.1) is 10.2 Å². The Hall–Kier alpha value is -2.38. The molecule has 1 N–H and O–H groups in total. The van der Waals surface area contributed by atoms with Crippen molar-refractivity contribution in [3.05, 3.63) is 65.2 Å². The molecule has 0 radical (unpaired) electrons. The van der Waals surface area contributed by atoms with Crippen LogP contribution in [0.1, 0.15) is 23.6 Å². The van der Waals surface area contributed by atoms with Gasteiger partial charge >= 0.3 is 0 Å². The maximum atomic E-state index is 12.0. The lowest BCUT2D eigenvalue weighted by Crippen LogP contribution is -2.20. The number of aromatic nitrogens is 2. The van der Waals surface area contributed by atoms with Crippen molar-refractivity contribution >= 4 is 34.1 Å². The Labute approximate surface area is 167 Å². The lowest BCUT2D eigenvalue weighted by molar-refractivity contribution is -0.118. The fourth-order valence-electron chi connectivity index (χ4n) is 2.36. The molecule has 0 atom stereocenters. The highest BCUT2D eigenvalue weighted by molar-refractivity contribution is 8.00. The standard InChI is InChI=1S/C20H21N3O2S2/c1-3-15-8-10-17(11-9-15)25-12-18(24)21-19-22-23-20(27-19)26-13-16-7-5-4-6-14(16)2/h4-11H,3,12-13H2,1-2H3,(H,21,22,24). The summed E-state index contributed by atoms with van der Waals surface area (Å²) in [7, 11) is 0. The number of amides is 1. The van der Waals surface area contributed by atoms with E-state index in [2.05, 4.69) is 41.5 Å². The van der Waals surface area contributed by atoms with Gasteiger partial charge in [0.1, 0.15) is 5.75 Å². The number of anilines is 1. The van der Waals surface area contributed by atoms with Crippen LogP contribution in [0.25, 0.3) is 0 Å². The van der Waals surface area contributed by atoms with Gasteiger partial charge in [0.15, 0.2) is 10.9 Å². The van der Waals surface area contributed by atoms with Gasteiger partial charge in [0.2, 0.25) is 5.13 Å². The average Bonchev–Trinajstić information content (AvgIpc) is 3.13. The molecule has 1 amide bonds. The van der Waals surface area contributed by atoms with Crippen LogP contribution in [-0.4, -0.2) is 22.7 Å². The first-order valence-electron chi connectivity index (χ1n) is 8.66. The molecule has 7 heteroatoms. The van der Waals surface area contributed by atoms with Crippen molar-refractivity contribution in [2.24, 2.45) is 0 Å². The van der Waals surface area contributed by atoms with Crippen LogP contribution < -0.4 is 10.1 Å². The number of carbonyl (C=O) groups is 1. The van der Waals surface area contributed by atoms with Crippen molar-refractivity contribution in [3.8, 4) is 5.75 Å². The predicted octanol–water partition coefficient (Wildman–Crippen LogP) is 4.72. The van der Waals surface area contributed by atoms with Gasteiger partial charge in [-0.2, -0.15) is 0 Å². The summed E-state index contributed by atoms with van der Waals surface area (Å²) in [6.07, 6.45) is 0.974. The summed E-state index contributed by atoms with van der Waals surface area (Å²) in [6.45, 7) is 4.13. The van der Waals surface area contributed by atoms with E-state index in [4.69, 9.17) is 4.74 Å². The van der Waals surface area contributed by atoms with Gasteiger partial charge in [-0.3, -0.25) is 10.1 Å². The van der Waals surface area contributed by atoms with Gasteiger partial charge in [0.05, 0.1) is 0 Å². The van der Waals surface area contributed by atoms with Crippen LogP contribution in [-0.2, 0) is 17.0 Å². The highest BCUT2D eigenvalue weighted by Gasteiger charge is 2.10. The molecule has 2 aromatic carbocycles. The Morgan fingerprint density at radius 2 is 1.93 bits per heavy atom. The highest BCUT2D eigenvalue weighted by Crippen LogP contribution is 2.29. The molecular weight excluding hydrogens is 378 g/mol. The molecule has 0 spiro atoms. The molecule has 0 unspecified atom stereocenters. The second-order valence-electron chi connectivity index (χ2n) is 5.92. The minimum atomic E-state index is -0.249. The fraction of sp³-hybridized carbons (Fsp3) is 0.250. The van der Waals surface area contributed by atoms with Gasteiger partial charge < -0.3 is 4.74 Å². The van der Waals surface area contributed by atoms with E-state index in [9.17, 15) is 4.79 Å². The summed E-state index contributed by atoms with van der Waals surface area (Å²) in [5.74, 6) is 1.25. The number of hydrogen-bond acceptors (Lipinski definition) is 6. The van der Waals surface area contributed by atoms with Crippen LogP contribution >= 0.6 is 23.1 Å². The Kier molecular flexibility index (Phi) is 6.84. The number of benzene rings is 2. The molecule has 0 aliphatic heterocycles. The summed E-state index contributed by atoms with van der Waals surface area (Å²) in [6, 6.07) is 16.0. The van der Waals surface area contributed by atoms with E-state index in [-0.39, 0.29) is 12.5 Å². The summed E-state index contributed by atoms with van der Waals surface area (Å²) in [5.41, 5.74) is 3.76. The van der Waals surface area contributed by atoms with Crippen LogP contribution in [0.15, 0.2) is 52.9 Å². The number of nitrogens with one attached hydrogen (secondary N) is 1. The van der Waals surface area contributed by atoms with Gasteiger partial charge in [-0.25, -0.2) is 0 Å². The van der Waals surface area contributed by atoms with Crippen molar-refractivity contribution in [2.45, 2.75) is 30.4 Å². The topological polar surface area (TPSA) is 64.1 Å². The molecule has 1 aromatic heterocycles. The maximum absolute atomic E-state index is 12.0. The zero-order chi connectivity index (χ0) is 19.1. The van der Waals surface area contributed by atoms with Crippen LogP contribution in [0.5, 0.6) is 5.75 Å². The molecule has 0 aliphatic carbocycles. The van der Waals surface area contributed by atoms with Crippen LogP contribution in [0.3, 0.4) is 0 Å². The summed E-state index contributed by atoms with van der Waals surface area (Å²) < 4.78 is 6.33. The molecule has 1 heterocycles. The molecule has 0 bridgehead atoms. The van der Waals surface area contributed by atoms with Crippen LogP contribution in [0.4, 0.5) is 5.13 Å². The van der Waals surface area contributed by atoms with E-state index in [0.29, 0.717) is 10.9 Å². The first-order chi connectivity index (χ1) is 13.1. The smallest absolute Gasteiger partial charge is 0.264 e. The van der Waals surface area contributed by atoms with Crippen LogP contribution in [0.2, 0.25) is 0 Å². The third kappa shape index (κ3) is 5.80. The Bertz CT molecular complexity index is 894. The van der Waals surface area contributed by atoms with E-state index in [1.54, 1.807) is 11.8 Å². The van der Waals surface area contributed by atoms with E-state index in [1.165, 1.54) is 28.0 Å². The molecule has 5 nitrogen and oxygen atoms in total. The lowest BCUT2D eigenvalue weighted by Gasteiger charge is -2.06. The maximum Gasteiger partial charge on any atom is 0.264 e. The Morgan fingerprint density at radius 1 is 1.15 bits per heavy atom. The van der Waals surface area contributed by atoms with Crippen molar-refractivity contribution in [2.75, 3.05) is 11.9 Å². The quantitative estimate of drug-likeness (QED) is 0.439. The molecule has 27 heavy (non-hydrogen) atoms. The molecule has 0 saturated heterocycles. The number of hydrogen-bond donors (Lipinski definition) is 1. The minimum absolute atomic E-state index is 0.0588. The van der Waals surface area contributed by atoms with Crippen molar-refractivity contribution < 1.29 is 9.53 Å². The second kappa shape index (κ2) is 9.53. The van der Waals surface area contributed by atoms with Crippen molar-refractivity contribution in [1.82, 2.24) is 10.2 Å². The molecule has 0 saturated carbocycles. The second-order valence-corrected chi connectivity index (χ2v) is 8.12. The van der Waals surface area contributed by atoms with E-state index >= 15 is 0 Å². The van der Waals surface area contributed by atoms with Gasteiger partial charge in [-0.1, -0.05) is 66.4 Å². The number of aryl methyl sites for hydroxylation is 2. The SMILES string of the molecule is CCc1ccc(OCC(=O)Nc2nnc(SCc3ccccc3C)s2)cc1. The van der Waals surface area contributed by atoms with E-state index < -0.39 is 0 Å². The summed E-state index contributed by atoms with van der Waals surface area (Å²) in [4.78, 5) is 12.0. The van der Waals surface area contributed by atoms with Gasteiger partial charge in [0.25, 0.3) is 5.91 Å². The van der Waals surface area contributed by atoms with Crippen molar-refractivity contribution in [1.29, 1.82) is 0 Å². The van der Waals surface area contributed by atoms with Gasteiger partial charge in [-0.05, 0) is 42.2 Å². The first-order valence-corrected chi connectivity index (χ1v) is 10.5. The number of ether oxygens (including phenoxy) is 1.